The van der Waals surface area contributed by atoms with Crippen LogP contribution in [0.25, 0.3) is 0 Å². The minimum atomic E-state index is -0.374. The van der Waals surface area contributed by atoms with E-state index in [0.29, 0.717) is 22.6 Å². The number of carbonyl (C=O) groups is 2. The number of carbonyl (C=O) groups excluding carboxylic acids is 2. The summed E-state index contributed by atoms with van der Waals surface area (Å²) < 4.78 is 15.3. The first-order valence-electron chi connectivity index (χ1n) is 11.3. The van der Waals surface area contributed by atoms with Crippen LogP contribution in [-0.2, 0) is 9.47 Å². The maximum atomic E-state index is 11.5. The van der Waals surface area contributed by atoms with Gasteiger partial charge in [-0.1, -0.05) is 23.7 Å². The molecule has 0 amide bonds. The molecular formula is C32H22O5. The van der Waals surface area contributed by atoms with E-state index in [1.165, 1.54) is 14.2 Å². The Bertz CT molecular complexity index is 1390. The third-order valence-electron chi connectivity index (χ3n) is 5.26. The lowest BCUT2D eigenvalue weighted by atomic mass is 10.1. The molecule has 0 aliphatic rings. The van der Waals surface area contributed by atoms with Crippen molar-refractivity contribution < 1.29 is 23.8 Å². The minimum absolute atomic E-state index is 0.374. The summed E-state index contributed by atoms with van der Waals surface area (Å²) in [4.78, 5) is 23.0. The Morgan fingerprint density at radius 3 is 1.00 bits per heavy atom. The van der Waals surface area contributed by atoms with Crippen molar-refractivity contribution in [2.24, 2.45) is 0 Å². The molecule has 0 saturated heterocycles. The second-order valence-corrected chi connectivity index (χ2v) is 7.79. The Labute approximate surface area is 215 Å². The summed E-state index contributed by atoms with van der Waals surface area (Å²) in [5, 5.41) is 0. The van der Waals surface area contributed by atoms with Crippen LogP contribution in [0.4, 0.5) is 0 Å². The lowest BCUT2D eigenvalue weighted by Crippen LogP contribution is -2.00. The third kappa shape index (κ3) is 6.88. The third-order valence-corrected chi connectivity index (χ3v) is 5.26. The van der Waals surface area contributed by atoms with Gasteiger partial charge in [0, 0.05) is 22.3 Å². The molecule has 0 fully saturated rings. The van der Waals surface area contributed by atoms with E-state index in [9.17, 15) is 9.59 Å². The molecule has 0 bridgehead atoms. The Morgan fingerprint density at radius 2 is 0.730 bits per heavy atom. The predicted octanol–water partition coefficient (Wildman–Crippen LogP) is 5.85. The summed E-state index contributed by atoms with van der Waals surface area (Å²) in [7, 11) is 2.71. The highest BCUT2D eigenvalue weighted by Gasteiger charge is 2.04. The number of hydrogen-bond acceptors (Lipinski definition) is 5. The average molecular weight is 487 g/mol. The lowest BCUT2D eigenvalue weighted by Gasteiger charge is -2.05. The molecule has 0 aliphatic heterocycles. The van der Waals surface area contributed by atoms with Crippen LogP contribution in [0, 0.1) is 23.7 Å². The molecular weight excluding hydrogens is 464 g/mol. The lowest BCUT2D eigenvalue weighted by molar-refractivity contribution is 0.0592. The van der Waals surface area contributed by atoms with Gasteiger partial charge in [-0.15, -0.1) is 0 Å². The molecule has 0 aliphatic carbocycles. The van der Waals surface area contributed by atoms with E-state index in [1.54, 1.807) is 48.5 Å². The van der Waals surface area contributed by atoms with Crippen LogP contribution in [0.5, 0.6) is 11.5 Å². The zero-order valence-corrected chi connectivity index (χ0v) is 20.3. The maximum Gasteiger partial charge on any atom is 0.337 e. The van der Waals surface area contributed by atoms with Crippen molar-refractivity contribution in [1.29, 1.82) is 0 Å². The number of esters is 2. The minimum Gasteiger partial charge on any atom is -0.465 e. The quantitative estimate of drug-likeness (QED) is 0.267. The van der Waals surface area contributed by atoms with Gasteiger partial charge >= 0.3 is 11.9 Å². The molecule has 4 aromatic carbocycles. The predicted molar refractivity (Wildman–Crippen MR) is 140 cm³/mol. The first-order chi connectivity index (χ1) is 18.0. The smallest absolute Gasteiger partial charge is 0.337 e. The van der Waals surface area contributed by atoms with Crippen molar-refractivity contribution in [1.82, 2.24) is 0 Å². The highest BCUT2D eigenvalue weighted by atomic mass is 16.5. The highest BCUT2D eigenvalue weighted by molar-refractivity contribution is 5.89. The number of rotatable bonds is 4. The van der Waals surface area contributed by atoms with Crippen LogP contribution in [0.3, 0.4) is 0 Å². The topological polar surface area (TPSA) is 61.8 Å². The van der Waals surface area contributed by atoms with Gasteiger partial charge in [0.2, 0.25) is 0 Å². The first kappa shape index (κ1) is 24.9. The summed E-state index contributed by atoms with van der Waals surface area (Å²) in [5.41, 5.74) is 4.26. The molecule has 0 aromatic heterocycles. The van der Waals surface area contributed by atoms with E-state index in [2.05, 4.69) is 23.7 Å². The molecule has 0 spiro atoms. The SMILES string of the molecule is COC(=O)c1ccc(C#Cc2ccc(Oc3ccc(C#Cc4ccc(C(=O)OC)cc4)cc3)cc2)cc1. The Kier molecular flexibility index (Phi) is 8.01. The summed E-state index contributed by atoms with van der Waals surface area (Å²) in [6.45, 7) is 0. The van der Waals surface area contributed by atoms with Gasteiger partial charge in [0.1, 0.15) is 11.5 Å². The van der Waals surface area contributed by atoms with Crippen molar-refractivity contribution in [2.45, 2.75) is 0 Å². The van der Waals surface area contributed by atoms with Crippen molar-refractivity contribution in [3.63, 3.8) is 0 Å². The van der Waals surface area contributed by atoms with E-state index in [-0.39, 0.29) is 11.9 Å². The van der Waals surface area contributed by atoms with Gasteiger partial charge in [0.15, 0.2) is 0 Å². The van der Waals surface area contributed by atoms with Gasteiger partial charge in [-0.2, -0.15) is 0 Å². The number of methoxy groups -OCH3 is 2. The van der Waals surface area contributed by atoms with Gasteiger partial charge in [0.25, 0.3) is 0 Å². The molecule has 4 rings (SSSR count). The largest absolute Gasteiger partial charge is 0.465 e. The molecule has 5 nitrogen and oxygen atoms in total. The van der Waals surface area contributed by atoms with E-state index >= 15 is 0 Å². The first-order valence-corrected chi connectivity index (χ1v) is 11.3. The molecule has 0 saturated carbocycles. The van der Waals surface area contributed by atoms with E-state index < -0.39 is 0 Å². The van der Waals surface area contributed by atoms with Crippen LogP contribution >= 0.6 is 0 Å². The van der Waals surface area contributed by atoms with Crippen molar-refractivity contribution >= 4 is 11.9 Å². The maximum absolute atomic E-state index is 11.5. The van der Waals surface area contributed by atoms with Crippen LogP contribution < -0.4 is 4.74 Å². The van der Waals surface area contributed by atoms with Crippen LogP contribution in [0.15, 0.2) is 97.1 Å². The molecule has 0 unspecified atom stereocenters. The van der Waals surface area contributed by atoms with Crippen LogP contribution in [-0.4, -0.2) is 26.2 Å². The Hall–Kier alpha value is -5.26. The average Bonchev–Trinajstić information content (AvgIpc) is 2.96. The Morgan fingerprint density at radius 1 is 0.459 bits per heavy atom. The van der Waals surface area contributed by atoms with Crippen molar-refractivity contribution in [3.8, 4) is 35.2 Å². The fourth-order valence-electron chi connectivity index (χ4n) is 3.25. The van der Waals surface area contributed by atoms with Gasteiger partial charge in [-0.3, -0.25) is 0 Å². The molecule has 0 heterocycles. The van der Waals surface area contributed by atoms with Gasteiger partial charge in [0.05, 0.1) is 25.3 Å². The molecule has 5 heteroatoms. The molecule has 0 radical (unpaired) electrons. The summed E-state index contributed by atoms with van der Waals surface area (Å²) in [6, 6.07) is 28.9. The zero-order chi connectivity index (χ0) is 26.0. The van der Waals surface area contributed by atoms with E-state index in [1.807, 2.05) is 48.5 Å². The van der Waals surface area contributed by atoms with Crippen molar-refractivity contribution in [3.05, 3.63) is 130 Å². The highest BCUT2D eigenvalue weighted by Crippen LogP contribution is 2.22. The van der Waals surface area contributed by atoms with Gasteiger partial charge < -0.3 is 14.2 Å². The normalized spacial score (nSPS) is 9.68. The van der Waals surface area contributed by atoms with E-state index in [4.69, 9.17) is 14.2 Å². The molecule has 37 heavy (non-hydrogen) atoms. The molecule has 180 valence electrons. The Balaban J connectivity index is 1.35. The molecule has 0 N–H and O–H groups in total. The zero-order valence-electron chi connectivity index (χ0n) is 20.3. The standard InChI is InChI=1S/C32H22O5/c1-35-31(33)27-15-7-23(8-16-27)3-5-25-11-19-29(20-12-25)37-30-21-13-26(14-22-30)6-4-24-9-17-28(18-10-24)32(34)36-2/h7-22H,1-2H3. The van der Waals surface area contributed by atoms with Crippen LogP contribution in [0.1, 0.15) is 43.0 Å². The summed E-state index contributed by atoms with van der Waals surface area (Å²) in [5.74, 6) is 13.0. The van der Waals surface area contributed by atoms with Crippen molar-refractivity contribution in [2.75, 3.05) is 14.2 Å². The molecule has 0 atom stereocenters. The second-order valence-electron chi connectivity index (χ2n) is 7.79. The van der Waals surface area contributed by atoms with Crippen LogP contribution in [0.2, 0.25) is 0 Å². The second kappa shape index (κ2) is 11.9. The molecule has 4 aromatic rings. The van der Waals surface area contributed by atoms with Gasteiger partial charge in [-0.25, -0.2) is 9.59 Å². The number of hydrogen-bond donors (Lipinski definition) is 0. The number of ether oxygens (including phenoxy) is 3. The summed E-state index contributed by atoms with van der Waals surface area (Å²) in [6.07, 6.45) is 0. The monoisotopic (exact) mass is 486 g/mol. The fourth-order valence-corrected chi connectivity index (χ4v) is 3.25. The summed E-state index contributed by atoms with van der Waals surface area (Å²) >= 11 is 0. The fraction of sp³-hybridized carbons (Fsp3) is 0.0625. The van der Waals surface area contributed by atoms with E-state index in [0.717, 1.165) is 22.3 Å². The number of benzene rings is 4. The van der Waals surface area contributed by atoms with Gasteiger partial charge in [-0.05, 0) is 97.1 Å².